The monoisotopic (exact) mass is 335 g/mol. The molecule has 0 aliphatic carbocycles. The van der Waals surface area contributed by atoms with Gasteiger partial charge in [0.05, 0.1) is 26.4 Å². The number of ether oxygens (including phenoxy) is 2. The highest BCUT2D eigenvalue weighted by molar-refractivity contribution is 14.1. The minimum absolute atomic E-state index is 0.337. The molecule has 0 bridgehead atoms. The van der Waals surface area contributed by atoms with Crippen molar-refractivity contribution in [3.05, 3.63) is 9.77 Å². The van der Waals surface area contributed by atoms with Gasteiger partial charge in [0.2, 0.25) is 0 Å². The molecule has 1 aromatic rings. The van der Waals surface area contributed by atoms with Gasteiger partial charge in [-0.15, -0.1) is 0 Å². The molecule has 0 N–H and O–H groups in total. The molecule has 6 heteroatoms. The van der Waals surface area contributed by atoms with E-state index in [-0.39, 0.29) is 0 Å². The van der Waals surface area contributed by atoms with Crippen molar-refractivity contribution in [1.29, 1.82) is 0 Å². The summed E-state index contributed by atoms with van der Waals surface area (Å²) in [5.74, 6) is 0.909. The Morgan fingerprint density at radius 2 is 2.38 bits per heavy atom. The first-order chi connectivity index (χ1) is 7.70. The molecule has 1 aliphatic heterocycles. The lowest BCUT2D eigenvalue weighted by molar-refractivity contribution is 0.0984. The predicted molar refractivity (Wildman–Crippen MR) is 68.9 cm³/mol. The normalized spacial score (nSPS) is 20.9. The van der Waals surface area contributed by atoms with Crippen molar-refractivity contribution in [3.63, 3.8) is 0 Å². The Labute approximate surface area is 108 Å². The summed E-state index contributed by atoms with van der Waals surface area (Å²) in [6.45, 7) is 4.47. The molecule has 2 heterocycles. The maximum Gasteiger partial charge on any atom is 0.319 e. The summed E-state index contributed by atoms with van der Waals surface area (Å²) in [7, 11) is 1.58. The van der Waals surface area contributed by atoms with Crippen LogP contribution in [0.15, 0.2) is 6.07 Å². The number of anilines is 1. The van der Waals surface area contributed by atoms with Crippen molar-refractivity contribution < 1.29 is 9.47 Å². The number of halogens is 1. The minimum atomic E-state index is 0.337. The molecule has 16 heavy (non-hydrogen) atoms. The van der Waals surface area contributed by atoms with E-state index in [4.69, 9.17) is 9.47 Å². The summed E-state index contributed by atoms with van der Waals surface area (Å²) < 4.78 is 11.4. The largest absolute Gasteiger partial charge is 0.467 e. The fourth-order valence-corrected chi connectivity index (χ4v) is 2.18. The van der Waals surface area contributed by atoms with Crippen molar-refractivity contribution >= 4 is 28.4 Å². The Morgan fingerprint density at radius 1 is 1.56 bits per heavy atom. The van der Waals surface area contributed by atoms with Crippen molar-refractivity contribution in [3.8, 4) is 6.01 Å². The molecule has 5 nitrogen and oxygen atoms in total. The third-order valence-corrected chi connectivity index (χ3v) is 3.06. The predicted octanol–water partition coefficient (Wildman–Crippen LogP) is 1.31. The molecule has 88 valence electrons. The first-order valence-corrected chi connectivity index (χ1v) is 6.21. The second-order valence-electron chi connectivity index (χ2n) is 3.65. The third-order valence-electron chi connectivity index (χ3n) is 2.51. The lowest BCUT2D eigenvalue weighted by Gasteiger charge is -2.34. The van der Waals surface area contributed by atoms with Crippen molar-refractivity contribution in [2.45, 2.75) is 13.0 Å². The summed E-state index contributed by atoms with van der Waals surface area (Å²) in [5.41, 5.74) is 0. The molecule has 1 unspecified atom stereocenters. The summed E-state index contributed by atoms with van der Waals surface area (Å²) in [6.07, 6.45) is 0. The minimum Gasteiger partial charge on any atom is -0.467 e. The molecular weight excluding hydrogens is 321 g/mol. The molecule has 0 radical (unpaired) electrons. The Balaban J connectivity index is 2.27. The van der Waals surface area contributed by atoms with E-state index >= 15 is 0 Å². The van der Waals surface area contributed by atoms with E-state index in [1.807, 2.05) is 6.07 Å². The molecule has 2 rings (SSSR count). The lowest BCUT2D eigenvalue weighted by Crippen LogP contribution is -2.44. The smallest absolute Gasteiger partial charge is 0.319 e. The average molecular weight is 335 g/mol. The summed E-state index contributed by atoms with van der Waals surface area (Å²) in [6, 6.07) is 2.72. The van der Waals surface area contributed by atoms with Crippen molar-refractivity contribution in [2.75, 3.05) is 31.8 Å². The van der Waals surface area contributed by atoms with E-state index in [1.54, 1.807) is 7.11 Å². The fourth-order valence-electron chi connectivity index (χ4n) is 1.69. The van der Waals surface area contributed by atoms with Gasteiger partial charge in [0.25, 0.3) is 0 Å². The molecule has 1 saturated heterocycles. The van der Waals surface area contributed by atoms with Crippen LogP contribution >= 0.6 is 22.6 Å². The van der Waals surface area contributed by atoms with Crippen LogP contribution in [0.25, 0.3) is 0 Å². The fraction of sp³-hybridized carbons (Fsp3) is 0.600. The van der Waals surface area contributed by atoms with Crippen LogP contribution in [0, 0.1) is 3.70 Å². The van der Waals surface area contributed by atoms with Crippen molar-refractivity contribution in [2.24, 2.45) is 0 Å². The first kappa shape index (κ1) is 11.8. The van der Waals surface area contributed by atoms with Crippen LogP contribution in [-0.2, 0) is 4.74 Å². The van der Waals surface area contributed by atoms with Crippen LogP contribution in [0.2, 0.25) is 0 Å². The number of methoxy groups -OCH3 is 1. The maximum absolute atomic E-state index is 5.40. The molecule has 0 aromatic carbocycles. The number of rotatable bonds is 2. The van der Waals surface area contributed by atoms with E-state index in [9.17, 15) is 0 Å². The number of aromatic nitrogens is 2. The van der Waals surface area contributed by atoms with Gasteiger partial charge in [-0.1, -0.05) is 0 Å². The quantitative estimate of drug-likeness (QED) is 0.603. The molecule has 1 aromatic heterocycles. The van der Waals surface area contributed by atoms with Crippen LogP contribution in [0.4, 0.5) is 5.82 Å². The first-order valence-electron chi connectivity index (χ1n) is 5.13. The highest BCUT2D eigenvalue weighted by Gasteiger charge is 2.21. The van der Waals surface area contributed by atoms with Gasteiger partial charge >= 0.3 is 6.01 Å². The number of nitrogens with zero attached hydrogens (tertiary/aromatic N) is 3. The zero-order valence-electron chi connectivity index (χ0n) is 9.31. The Bertz CT molecular complexity index is 375. The molecule has 0 amide bonds. The Hall–Kier alpha value is -0.630. The van der Waals surface area contributed by atoms with Gasteiger partial charge in [-0.25, -0.2) is 0 Å². The van der Waals surface area contributed by atoms with E-state index < -0.39 is 0 Å². The van der Waals surface area contributed by atoms with Crippen LogP contribution in [0.3, 0.4) is 0 Å². The van der Waals surface area contributed by atoms with E-state index in [2.05, 4.69) is 44.4 Å². The molecule has 0 saturated carbocycles. The summed E-state index contributed by atoms with van der Waals surface area (Å²) in [5, 5.41) is 0. The standard InChI is InChI=1S/C10H14IN3O2/c1-7-6-16-4-3-14(7)9-5-8(11)12-10(13-9)15-2/h5,7H,3-4,6H2,1-2H3. The summed E-state index contributed by atoms with van der Waals surface area (Å²) in [4.78, 5) is 10.7. The van der Waals surface area contributed by atoms with Crippen molar-refractivity contribution in [1.82, 2.24) is 9.97 Å². The summed E-state index contributed by atoms with van der Waals surface area (Å²) >= 11 is 2.17. The number of hydrogen-bond acceptors (Lipinski definition) is 5. The average Bonchev–Trinajstić information content (AvgIpc) is 2.28. The molecular formula is C10H14IN3O2. The lowest BCUT2D eigenvalue weighted by atomic mass is 10.2. The number of hydrogen-bond donors (Lipinski definition) is 0. The third kappa shape index (κ3) is 2.54. The van der Waals surface area contributed by atoms with Gasteiger partial charge in [-0.3, -0.25) is 0 Å². The second-order valence-corrected chi connectivity index (χ2v) is 4.76. The molecule has 1 aliphatic rings. The van der Waals surface area contributed by atoms with Gasteiger partial charge in [0, 0.05) is 12.6 Å². The SMILES string of the molecule is COc1nc(I)cc(N2CCOCC2C)n1. The van der Waals surface area contributed by atoms with Crippen LogP contribution in [-0.4, -0.2) is 42.9 Å². The Morgan fingerprint density at radius 3 is 3.06 bits per heavy atom. The molecule has 1 fully saturated rings. The van der Waals surface area contributed by atoms with Gasteiger partial charge in [0.1, 0.15) is 9.52 Å². The number of morpholine rings is 1. The van der Waals surface area contributed by atoms with Gasteiger partial charge in [-0.05, 0) is 29.5 Å². The van der Waals surface area contributed by atoms with Crippen LogP contribution in [0.1, 0.15) is 6.92 Å². The zero-order valence-corrected chi connectivity index (χ0v) is 11.5. The second kappa shape index (κ2) is 5.13. The highest BCUT2D eigenvalue weighted by atomic mass is 127. The van der Waals surface area contributed by atoms with Crippen LogP contribution in [0.5, 0.6) is 6.01 Å². The highest BCUT2D eigenvalue weighted by Crippen LogP contribution is 2.21. The maximum atomic E-state index is 5.40. The zero-order chi connectivity index (χ0) is 11.5. The van der Waals surface area contributed by atoms with Crippen LogP contribution < -0.4 is 9.64 Å². The van der Waals surface area contributed by atoms with Gasteiger partial charge in [0.15, 0.2) is 0 Å². The Kier molecular flexibility index (Phi) is 3.80. The van der Waals surface area contributed by atoms with Gasteiger partial charge in [-0.2, -0.15) is 9.97 Å². The van der Waals surface area contributed by atoms with E-state index in [0.717, 1.165) is 29.3 Å². The topological polar surface area (TPSA) is 47.5 Å². The van der Waals surface area contributed by atoms with E-state index in [0.29, 0.717) is 12.1 Å². The van der Waals surface area contributed by atoms with Gasteiger partial charge < -0.3 is 14.4 Å². The molecule has 1 atom stereocenters. The molecule has 0 spiro atoms. The van der Waals surface area contributed by atoms with E-state index in [1.165, 1.54) is 0 Å².